The average Bonchev–Trinajstić information content (AvgIpc) is 2.58. The number of carbonyl (C=O) groups is 1. The quantitative estimate of drug-likeness (QED) is 0.135. The molecule has 156 valence electrons. The summed E-state index contributed by atoms with van der Waals surface area (Å²) in [6.07, 6.45) is 4.55. The lowest BCUT2D eigenvalue weighted by Crippen LogP contribution is -2.42. The predicted molar refractivity (Wildman–Crippen MR) is 97.1 cm³/mol. The van der Waals surface area contributed by atoms with E-state index in [0.29, 0.717) is 32.1 Å². The highest BCUT2D eigenvalue weighted by Crippen LogP contribution is 2.20. The molecule has 0 radical (unpaired) electrons. The van der Waals surface area contributed by atoms with Crippen LogP contribution in [0, 0.1) is 0 Å². The highest BCUT2D eigenvalue weighted by Gasteiger charge is 2.34. The second kappa shape index (κ2) is 14.3. The van der Waals surface area contributed by atoms with Gasteiger partial charge in [0.15, 0.2) is 0 Å². The molecule has 0 heterocycles. The molecule has 0 rings (SSSR count). The number of hydrogen-bond donors (Lipinski definition) is 4. The second-order valence-electron chi connectivity index (χ2n) is 6.73. The van der Waals surface area contributed by atoms with Crippen molar-refractivity contribution in [2.75, 3.05) is 0 Å². The Kier molecular flexibility index (Phi) is 13.9. The average molecular weight is 399 g/mol. The molecule has 0 aromatic heterocycles. The van der Waals surface area contributed by atoms with Gasteiger partial charge in [-0.05, 0) is 19.3 Å². The number of carbonyl (C=O) groups excluding carboxylic acids is 1. The molecule has 0 aromatic carbocycles. The molecule has 0 spiro atoms. The zero-order valence-electron chi connectivity index (χ0n) is 15.5. The van der Waals surface area contributed by atoms with Gasteiger partial charge in [0.25, 0.3) is 10.1 Å². The standard InChI is InChI=1S/C17H34O8S/c1-2-3-4-5-9-12-15(26(22,23)24)17(20)14(18)11-8-6-7-10-13-16(19)25-21/h14-15,17-18,20-21H,2-13H2,1H3,(H,22,23,24). The fourth-order valence-corrected chi connectivity index (χ4v) is 3.88. The van der Waals surface area contributed by atoms with E-state index in [-0.39, 0.29) is 19.3 Å². The molecular formula is C17H34O8S. The van der Waals surface area contributed by atoms with Crippen molar-refractivity contribution in [3.8, 4) is 0 Å². The molecule has 0 saturated heterocycles. The van der Waals surface area contributed by atoms with Gasteiger partial charge in [0.1, 0.15) is 5.25 Å². The maximum absolute atomic E-state index is 11.5. The van der Waals surface area contributed by atoms with Crippen LogP contribution in [-0.2, 0) is 19.8 Å². The molecule has 8 nitrogen and oxygen atoms in total. The lowest BCUT2D eigenvalue weighted by Gasteiger charge is -2.24. The van der Waals surface area contributed by atoms with Crippen molar-refractivity contribution in [3.05, 3.63) is 0 Å². The van der Waals surface area contributed by atoms with Crippen molar-refractivity contribution in [1.82, 2.24) is 0 Å². The van der Waals surface area contributed by atoms with Crippen LogP contribution in [0.3, 0.4) is 0 Å². The number of aliphatic hydroxyl groups is 2. The summed E-state index contributed by atoms with van der Waals surface area (Å²) in [4.78, 5) is 14.3. The van der Waals surface area contributed by atoms with Gasteiger partial charge in [-0.3, -0.25) is 4.55 Å². The number of aliphatic hydroxyl groups excluding tert-OH is 2. The van der Waals surface area contributed by atoms with Crippen molar-refractivity contribution >= 4 is 16.1 Å². The third kappa shape index (κ3) is 11.8. The van der Waals surface area contributed by atoms with Gasteiger partial charge < -0.3 is 15.1 Å². The largest absolute Gasteiger partial charge is 0.390 e. The van der Waals surface area contributed by atoms with Gasteiger partial charge in [0.05, 0.1) is 12.2 Å². The topological polar surface area (TPSA) is 141 Å². The lowest BCUT2D eigenvalue weighted by atomic mass is 9.99. The molecule has 0 fully saturated rings. The first-order chi connectivity index (χ1) is 12.2. The van der Waals surface area contributed by atoms with Crippen molar-refractivity contribution in [2.45, 2.75) is 101 Å². The van der Waals surface area contributed by atoms with Crippen LogP contribution in [0.15, 0.2) is 0 Å². The molecule has 0 aliphatic heterocycles. The zero-order chi connectivity index (χ0) is 20.0. The Bertz CT molecular complexity index is 465. The molecule has 9 heteroatoms. The predicted octanol–water partition coefficient (Wildman–Crippen LogP) is 2.68. The van der Waals surface area contributed by atoms with E-state index < -0.39 is 33.5 Å². The Morgan fingerprint density at radius 2 is 1.46 bits per heavy atom. The normalized spacial score (nSPS) is 15.4. The maximum atomic E-state index is 11.5. The Labute approximate surface area is 156 Å². The molecule has 3 atom stereocenters. The Morgan fingerprint density at radius 3 is 2.00 bits per heavy atom. The number of rotatable bonds is 16. The van der Waals surface area contributed by atoms with E-state index in [0.717, 1.165) is 25.7 Å². The van der Waals surface area contributed by atoms with E-state index in [2.05, 4.69) is 11.8 Å². The van der Waals surface area contributed by atoms with Gasteiger partial charge in [-0.2, -0.15) is 13.7 Å². The van der Waals surface area contributed by atoms with Crippen LogP contribution < -0.4 is 0 Å². The molecule has 3 unspecified atom stereocenters. The van der Waals surface area contributed by atoms with Crippen LogP contribution in [0.1, 0.15) is 84.0 Å². The van der Waals surface area contributed by atoms with Crippen molar-refractivity contribution in [3.63, 3.8) is 0 Å². The summed E-state index contributed by atoms with van der Waals surface area (Å²) in [5.41, 5.74) is 0. The van der Waals surface area contributed by atoms with E-state index in [4.69, 9.17) is 5.26 Å². The first kappa shape index (κ1) is 25.3. The SMILES string of the molecule is CCCCCCCC(C(O)C(O)CCCCCCC(=O)OO)S(=O)(=O)O. The number of unbranched alkanes of at least 4 members (excludes halogenated alkanes) is 7. The van der Waals surface area contributed by atoms with Gasteiger partial charge in [-0.25, -0.2) is 4.79 Å². The van der Waals surface area contributed by atoms with Gasteiger partial charge in [-0.15, -0.1) is 0 Å². The first-order valence-corrected chi connectivity index (χ1v) is 10.9. The molecule has 0 bridgehead atoms. The monoisotopic (exact) mass is 398 g/mol. The fraction of sp³-hybridized carbons (Fsp3) is 0.941. The molecule has 0 aromatic rings. The highest BCUT2D eigenvalue weighted by atomic mass is 32.2. The highest BCUT2D eigenvalue weighted by molar-refractivity contribution is 7.86. The summed E-state index contributed by atoms with van der Waals surface area (Å²) >= 11 is 0. The van der Waals surface area contributed by atoms with Crippen LogP contribution in [0.5, 0.6) is 0 Å². The second-order valence-corrected chi connectivity index (χ2v) is 8.37. The third-order valence-electron chi connectivity index (χ3n) is 4.48. The fourth-order valence-electron chi connectivity index (χ4n) is 2.89. The molecule has 26 heavy (non-hydrogen) atoms. The van der Waals surface area contributed by atoms with E-state index >= 15 is 0 Å². The van der Waals surface area contributed by atoms with Gasteiger partial charge in [-0.1, -0.05) is 58.3 Å². The minimum absolute atomic E-state index is 0.102. The van der Waals surface area contributed by atoms with E-state index in [1.165, 1.54) is 0 Å². The van der Waals surface area contributed by atoms with Gasteiger partial charge in [0.2, 0.25) is 0 Å². The smallest absolute Gasteiger partial charge is 0.342 e. The molecule has 0 aliphatic carbocycles. The Hall–Kier alpha value is -0.740. The molecular weight excluding hydrogens is 364 g/mol. The van der Waals surface area contributed by atoms with Crippen LogP contribution in [0.25, 0.3) is 0 Å². The molecule has 0 amide bonds. The molecule has 0 aliphatic rings. The Morgan fingerprint density at radius 1 is 0.923 bits per heavy atom. The number of hydrogen-bond acceptors (Lipinski definition) is 7. The van der Waals surface area contributed by atoms with Gasteiger partial charge >= 0.3 is 5.97 Å². The van der Waals surface area contributed by atoms with E-state index in [9.17, 15) is 28.0 Å². The van der Waals surface area contributed by atoms with Crippen LogP contribution in [0.2, 0.25) is 0 Å². The van der Waals surface area contributed by atoms with Crippen LogP contribution in [0.4, 0.5) is 0 Å². The van der Waals surface area contributed by atoms with Crippen LogP contribution in [-0.4, -0.2) is 51.9 Å². The summed E-state index contributed by atoms with van der Waals surface area (Å²) in [7, 11) is -4.44. The van der Waals surface area contributed by atoms with Crippen molar-refractivity contribution in [1.29, 1.82) is 0 Å². The Balaban J connectivity index is 4.22. The summed E-state index contributed by atoms with van der Waals surface area (Å²) in [5.74, 6) is -0.699. The maximum Gasteiger partial charge on any atom is 0.342 e. The molecule has 0 saturated carbocycles. The van der Waals surface area contributed by atoms with E-state index in [1.807, 2.05) is 0 Å². The summed E-state index contributed by atoms with van der Waals surface area (Å²) < 4.78 is 32.4. The van der Waals surface area contributed by atoms with Crippen LogP contribution >= 0.6 is 0 Å². The summed E-state index contributed by atoms with van der Waals surface area (Å²) in [6, 6.07) is 0. The lowest BCUT2D eigenvalue weighted by molar-refractivity contribution is -0.234. The van der Waals surface area contributed by atoms with Gasteiger partial charge in [0, 0.05) is 6.42 Å². The summed E-state index contributed by atoms with van der Waals surface area (Å²) in [6.45, 7) is 2.07. The molecule has 4 N–H and O–H groups in total. The minimum Gasteiger partial charge on any atom is -0.390 e. The van der Waals surface area contributed by atoms with Crippen molar-refractivity contribution < 1.29 is 38.1 Å². The first-order valence-electron chi connectivity index (χ1n) is 9.40. The third-order valence-corrected chi connectivity index (χ3v) is 5.76. The zero-order valence-corrected chi connectivity index (χ0v) is 16.4. The van der Waals surface area contributed by atoms with Crippen molar-refractivity contribution in [2.24, 2.45) is 0 Å². The summed E-state index contributed by atoms with van der Waals surface area (Å²) in [5, 5.41) is 26.9. The van der Waals surface area contributed by atoms with E-state index in [1.54, 1.807) is 0 Å². The minimum atomic E-state index is -4.44.